The molecule has 162 valence electrons. The number of unbranched alkanes of at least 4 members (excludes halogenated alkanes) is 2. The first-order valence-corrected chi connectivity index (χ1v) is 11.5. The number of hydrogen-bond acceptors (Lipinski definition) is 7. The van der Waals surface area contributed by atoms with Crippen molar-refractivity contribution in [2.75, 3.05) is 38.8 Å². The number of ether oxygens (including phenoxy) is 2. The molecule has 8 nitrogen and oxygen atoms in total. The number of carbonyl (C=O) groups excluding carboxylic acids is 1. The van der Waals surface area contributed by atoms with E-state index in [0.717, 1.165) is 0 Å². The normalized spacial score (nSPS) is 18.0. The van der Waals surface area contributed by atoms with Crippen LogP contribution in [0, 0.1) is 0 Å². The fraction of sp³-hybridized carbons (Fsp3) is 0.600. The molecule has 1 N–H and O–H groups in total. The van der Waals surface area contributed by atoms with Crippen LogP contribution in [0.1, 0.15) is 42.5 Å². The third kappa shape index (κ3) is 7.01. The van der Waals surface area contributed by atoms with Crippen LogP contribution in [0.2, 0.25) is 0 Å². The average Bonchev–Trinajstić information content (AvgIpc) is 3.05. The van der Waals surface area contributed by atoms with Crippen molar-refractivity contribution in [3.8, 4) is 11.5 Å². The summed E-state index contributed by atoms with van der Waals surface area (Å²) in [6, 6.07) is 4.77. The molecule has 0 radical (unpaired) electrons. The van der Waals surface area contributed by atoms with Crippen molar-refractivity contribution in [1.82, 2.24) is 4.90 Å². The first kappa shape index (κ1) is 23.2. The van der Waals surface area contributed by atoms with Crippen LogP contribution in [0.5, 0.6) is 11.5 Å². The van der Waals surface area contributed by atoms with E-state index in [1.165, 1.54) is 14.2 Å². The number of nitrogens with zero attached hydrogens (tertiary/aromatic N) is 1. The van der Waals surface area contributed by atoms with Crippen LogP contribution in [-0.2, 0) is 14.6 Å². The lowest BCUT2D eigenvalue weighted by atomic mass is 10.1. The number of hydrogen-bond donors (Lipinski definition) is 1. The summed E-state index contributed by atoms with van der Waals surface area (Å²) in [5.41, 5.74) is 0.472. The zero-order valence-corrected chi connectivity index (χ0v) is 17.7. The van der Waals surface area contributed by atoms with E-state index < -0.39 is 15.8 Å². The summed E-state index contributed by atoms with van der Waals surface area (Å²) >= 11 is 0. The predicted molar refractivity (Wildman–Crippen MR) is 109 cm³/mol. The van der Waals surface area contributed by atoms with Crippen molar-refractivity contribution in [3.63, 3.8) is 0 Å². The quantitative estimate of drug-likeness (QED) is 0.398. The van der Waals surface area contributed by atoms with Crippen LogP contribution in [0.3, 0.4) is 0 Å². The van der Waals surface area contributed by atoms with Gasteiger partial charge in [0.25, 0.3) is 0 Å². The van der Waals surface area contributed by atoms with Gasteiger partial charge in [0.1, 0.15) is 0 Å². The topological polar surface area (TPSA) is 110 Å². The highest BCUT2D eigenvalue weighted by atomic mass is 32.2. The molecule has 1 fully saturated rings. The third-order valence-corrected chi connectivity index (χ3v) is 6.86. The molecular formula is C20H29NO7S. The zero-order valence-electron chi connectivity index (χ0n) is 16.9. The van der Waals surface area contributed by atoms with Crippen molar-refractivity contribution >= 4 is 21.6 Å². The molecule has 0 amide bonds. The van der Waals surface area contributed by atoms with Crippen LogP contribution >= 0.6 is 0 Å². The maximum atomic E-state index is 12.9. The molecule has 9 heteroatoms. The summed E-state index contributed by atoms with van der Waals surface area (Å²) in [6.07, 6.45) is 2.62. The molecule has 0 saturated carbocycles. The highest BCUT2D eigenvalue weighted by Crippen LogP contribution is 2.28. The Bertz CT molecular complexity index is 822. The van der Waals surface area contributed by atoms with Gasteiger partial charge in [-0.25, -0.2) is 8.42 Å². The van der Waals surface area contributed by atoms with Gasteiger partial charge in [-0.2, -0.15) is 0 Å². The van der Waals surface area contributed by atoms with E-state index in [1.54, 1.807) is 18.2 Å². The van der Waals surface area contributed by atoms with Gasteiger partial charge in [0.15, 0.2) is 27.1 Å². The van der Waals surface area contributed by atoms with Crippen LogP contribution in [0.4, 0.5) is 0 Å². The lowest BCUT2D eigenvalue weighted by molar-refractivity contribution is -0.137. The fourth-order valence-electron chi connectivity index (χ4n) is 3.51. The Balaban J connectivity index is 2.05. The Morgan fingerprint density at radius 1 is 1.14 bits per heavy atom. The second kappa shape index (κ2) is 10.6. The molecule has 2 rings (SSSR count). The Hall–Kier alpha value is -2.13. The van der Waals surface area contributed by atoms with Gasteiger partial charge in [-0.15, -0.1) is 0 Å². The molecule has 1 saturated heterocycles. The van der Waals surface area contributed by atoms with Gasteiger partial charge in [0.05, 0.1) is 32.3 Å². The molecule has 0 spiro atoms. The number of carbonyl (C=O) groups is 2. The first-order valence-electron chi connectivity index (χ1n) is 9.67. The van der Waals surface area contributed by atoms with Gasteiger partial charge in [0.2, 0.25) is 0 Å². The maximum Gasteiger partial charge on any atom is 0.303 e. The average molecular weight is 428 g/mol. The molecular weight excluding hydrogens is 398 g/mol. The minimum Gasteiger partial charge on any atom is -0.493 e. The van der Waals surface area contributed by atoms with E-state index in [0.29, 0.717) is 49.3 Å². The zero-order chi connectivity index (χ0) is 21.4. The molecule has 1 aromatic carbocycles. The summed E-state index contributed by atoms with van der Waals surface area (Å²) in [5, 5.41) is 8.74. The molecule has 1 atom stereocenters. The second-order valence-electron chi connectivity index (χ2n) is 7.22. The number of sulfone groups is 1. The molecule has 1 heterocycles. The van der Waals surface area contributed by atoms with Crippen molar-refractivity contribution in [3.05, 3.63) is 23.8 Å². The highest BCUT2D eigenvalue weighted by Gasteiger charge is 2.33. The molecule has 1 aliphatic rings. The number of carboxylic acid groups (broad SMARTS) is 1. The van der Waals surface area contributed by atoms with Gasteiger partial charge >= 0.3 is 5.97 Å². The Morgan fingerprint density at radius 2 is 1.86 bits per heavy atom. The van der Waals surface area contributed by atoms with E-state index in [1.807, 2.05) is 4.90 Å². The number of methoxy groups -OCH3 is 2. The molecule has 0 aliphatic carbocycles. The Morgan fingerprint density at radius 3 is 2.45 bits per heavy atom. The lowest BCUT2D eigenvalue weighted by Gasteiger charge is -2.27. The van der Waals surface area contributed by atoms with Gasteiger partial charge in [-0.05, 0) is 44.0 Å². The van der Waals surface area contributed by atoms with E-state index >= 15 is 0 Å². The fourth-order valence-corrected chi connectivity index (χ4v) is 5.27. The van der Waals surface area contributed by atoms with Crippen molar-refractivity contribution < 1.29 is 32.6 Å². The SMILES string of the molecule is COc1ccc(C(=O)CN(CCCCCC(=O)O)[C@H]2CCS(=O)(=O)C2)cc1OC. The molecule has 0 aromatic heterocycles. The summed E-state index contributed by atoms with van der Waals surface area (Å²) in [4.78, 5) is 25.4. The van der Waals surface area contributed by atoms with Crippen molar-refractivity contribution in [2.45, 2.75) is 38.1 Å². The number of ketones is 1. The predicted octanol–water partition coefficient (Wildman–Crippen LogP) is 2.02. The smallest absolute Gasteiger partial charge is 0.303 e. The molecule has 1 aliphatic heterocycles. The van der Waals surface area contributed by atoms with Gasteiger partial charge in [-0.3, -0.25) is 14.5 Å². The molecule has 0 unspecified atom stereocenters. The molecule has 1 aromatic rings. The maximum absolute atomic E-state index is 12.9. The van der Waals surface area contributed by atoms with Crippen molar-refractivity contribution in [2.24, 2.45) is 0 Å². The van der Waals surface area contributed by atoms with E-state index in [2.05, 4.69) is 0 Å². The third-order valence-electron chi connectivity index (χ3n) is 5.11. The first-order chi connectivity index (χ1) is 13.8. The van der Waals surface area contributed by atoms with Gasteiger partial charge in [0, 0.05) is 18.0 Å². The number of benzene rings is 1. The lowest BCUT2D eigenvalue weighted by Crippen LogP contribution is -2.40. The largest absolute Gasteiger partial charge is 0.493 e. The molecule has 0 bridgehead atoms. The number of aliphatic carboxylic acids is 1. The number of carboxylic acids is 1. The van der Waals surface area contributed by atoms with Crippen molar-refractivity contribution in [1.29, 1.82) is 0 Å². The highest BCUT2D eigenvalue weighted by molar-refractivity contribution is 7.91. The minimum atomic E-state index is -3.07. The van der Waals surface area contributed by atoms with E-state index in [4.69, 9.17) is 14.6 Å². The summed E-state index contributed by atoms with van der Waals surface area (Å²) < 4.78 is 34.2. The van der Waals surface area contributed by atoms with Crippen LogP contribution in [0.25, 0.3) is 0 Å². The van der Waals surface area contributed by atoms with Gasteiger partial charge < -0.3 is 14.6 Å². The van der Waals surface area contributed by atoms with E-state index in [-0.39, 0.29) is 36.3 Å². The standard InChI is InChI=1S/C20H29NO7S/c1-27-18-8-7-15(12-19(18)28-2)17(22)13-21(10-5-3-4-6-20(23)24)16-9-11-29(25,26)14-16/h7-8,12,16H,3-6,9-11,13-14H2,1-2H3,(H,23,24)/t16-/m0/s1. The van der Waals surface area contributed by atoms with Crippen LogP contribution in [-0.4, -0.2) is 75.0 Å². The summed E-state index contributed by atoms with van der Waals surface area (Å²) in [5.74, 6) is 0.232. The second-order valence-corrected chi connectivity index (χ2v) is 9.45. The van der Waals surface area contributed by atoms with E-state index in [9.17, 15) is 18.0 Å². The Kier molecular flexibility index (Phi) is 8.45. The Labute approximate surface area is 171 Å². The number of rotatable bonds is 12. The minimum absolute atomic E-state index is 0.0569. The van der Waals surface area contributed by atoms with Crippen LogP contribution in [0.15, 0.2) is 18.2 Å². The number of Topliss-reactive ketones (excluding diaryl/α,β-unsaturated/α-hetero) is 1. The van der Waals surface area contributed by atoms with Crippen LogP contribution < -0.4 is 9.47 Å². The monoisotopic (exact) mass is 427 g/mol. The summed E-state index contributed by atoms with van der Waals surface area (Å²) in [7, 11) is -0.0556. The summed E-state index contributed by atoms with van der Waals surface area (Å²) in [6.45, 7) is 0.660. The molecule has 29 heavy (non-hydrogen) atoms. The van der Waals surface area contributed by atoms with Gasteiger partial charge in [-0.1, -0.05) is 6.42 Å².